The number of ether oxygens (including phenoxy) is 1. The van der Waals surface area contributed by atoms with Crippen LogP contribution in [0.2, 0.25) is 0 Å². The molecular formula is C36H38N8O4. The minimum absolute atomic E-state index is 0.0972. The van der Waals surface area contributed by atoms with Crippen LogP contribution in [0.25, 0.3) is 33.5 Å². The molecule has 48 heavy (non-hydrogen) atoms. The lowest BCUT2D eigenvalue weighted by molar-refractivity contribution is -0.605. The summed E-state index contributed by atoms with van der Waals surface area (Å²) in [4.78, 5) is 39.9. The van der Waals surface area contributed by atoms with Crippen molar-refractivity contribution in [1.82, 2.24) is 30.0 Å². The third kappa shape index (κ3) is 6.49. The van der Waals surface area contributed by atoms with Crippen molar-refractivity contribution >= 4 is 28.4 Å². The summed E-state index contributed by atoms with van der Waals surface area (Å²) in [6, 6.07) is 19.3. The van der Waals surface area contributed by atoms with E-state index < -0.39 is 5.41 Å². The molecule has 3 aromatic heterocycles. The number of nitrogens with zero attached hydrogens (tertiary/aromatic N) is 6. The predicted octanol–water partition coefficient (Wildman–Crippen LogP) is 4.00. The van der Waals surface area contributed by atoms with Crippen molar-refractivity contribution in [3.8, 4) is 22.6 Å². The molecule has 246 valence electrons. The molecule has 2 saturated heterocycles. The maximum Gasteiger partial charge on any atom is 0.236 e. The van der Waals surface area contributed by atoms with Crippen LogP contribution >= 0.6 is 0 Å². The predicted molar refractivity (Wildman–Crippen MR) is 181 cm³/mol. The summed E-state index contributed by atoms with van der Waals surface area (Å²) in [6.45, 7) is 3.02. The minimum Gasteiger partial charge on any atom is -0.619 e. The molecule has 5 heterocycles. The normalized spacial score (nSPS) is 18.7. The Balaban J connectivity index is 0.953. The molecule has 0 unspecified atom stereocenters. The lowest BCUT2D eigenvalue weighted by atomic mass is 9.86. The minimum atomic E-state index is -0.783. The summed E-state index contributed by atoms with van der Waals surface area (Å²) in [7, 11) is 1.60. The van der Waals surface area contributed by atoms with Gasteiger partial charge >= 0.3 is 0 Å². The molecule has 0 saturated carbocycles. The number of nitrogens with one attached hydrogen (secondary N) is 2. The Morgan fingerprint density at radius 3 is 2.50 bits per heavy atom. The number of methoxy groups -OCH3 is 1. The van der Waals surface area contributed by atoms with Crippen LogP contribution in [0.5, 0.6) is 0 Å². The average Bonchev–Trinajstić information content (AvgIpc) is 3.74. The van der Waals surface area contributed by atoms with Gasteiger partial charge in [0.25, 0.3) is 0 Å². The van der Waals surface area contributed by atoms with E-state index in [4.69, 9.17) is 4.74 Å². The molecule has 2 aromatic carbocycles. The number of carbonyl (C=O) groups excluding carboxylic acids is 2. The second-order valence-corrected chi connectivity index (χ2v) is 12.8. The Morgan fingerprint density at radius 2 is 1.77 bits per heavy atom. The summed E-state index contributed by atoms with van der Waals surface area (Å²) in [5.41, 5.74) is 4.43. The van der Waals surface area contributed by atoms with Gasteiger partial charge in [0.1, 0.15) is 5.69 Å². The fourth-order valence-corrected chi connectivity index (χ4v) is 6.99. The lowest BCUT2D eigenvalue weighted by Gasteiger charge is -2.33. The fourth-order valence-electron chi connectivity index (χ4n) is 6.99. The van der Waals surface area contributed by atoms with E-state index in [-0.39, 0.29) is 25.0 Å². The van der Waals surface area contributed by atoms with Gasteiger partial charge in [-0.2, -0.15) is 9.83 Å². The number of hydrogen-bond acceptors (Lipinski definition) is 8. The Kier molecular flexibility index (Phi) is 8.83. The van der Waals surface area contributed by atoms with Crippen LogP contribution in [0.15, 0.2) is 85.5 Å². The van der Waals surface area contributed by atoms with E-state index in [1.807, 2.05) is 29.2 Å². The van der Waals surface area contributed by atoms with Crippen molar-refractivity contribution in [2.45, 2.75) is 25.2 Å². The molecule has 2 amide bonds. The SMILES string of the molecule is COC[C@@]1(C(=O)Nc2ccc3[nH]nc(-c4cc[n+]([O-])cc4)c3c2)CCN(CC(=O)N2CCC(c3ccc(-c4ncccn4)cc3)CC2)C1. The second kappa shape index (κ2) is 13.5. The van der Waals surface area contributed by atoms with Crippen molar-refractivity contribution in [1.29, 1.82) is 0 Å². The van der Waals surface area contributed by atoms with E-state index in [1.165, 1.54) is 18.0 Å². The van der Waals surface area contributed by atoms with E-state index in [1.54, 1.807) is 31.6 Å². The molecule has 12 heteroatoms. The highest BCUT2D eigenvalue weighted by molar-refractivity contribution is 6.00. The maximum atomic E-state index is 13.8. The van der Waals surface area contributed by atoms with Crippen molar-refractivity contribution in [2.75, 3.05) is 51.8 Å². The highest BCUT2D eigenvalue weighted by atomic mass is 16.5. The van der Waals surface area contributed by atoms with Crippen LogP contribution in [0.1, 0.15) is 30.7 Å². The van der Waals surface area contributed by atoms with Crippen molar-refractivity contribution in [2.24, 2.45) is 5.41 Å². The zero-order valence-corrected chi connectivity index (χ0v) is 26.8. The number of aromatic nitrogens is 5. The first-order valence-corrected chi connectivity index (χ1v) is 16.3. The molecule has 2 fully saturated rings. The number of H-pyrrole nitrogens is 1. The zero-order valence-electron chi connectivity index (χ0n) is 26.8. The third-order valence-electron chi connectivity index (χ3n) is 9.64. The van der Waals surface area contributed by atoms with Gasteiger partial charge in [-0.05, 0) is 61.6 Å². The number of hydrogen-bond donors (Lipinski definition) is 2. The number of anilines is 1. The van der Waals surface area contributed by atoms with Crippen LogP contribution in [0, 0.1) is 10.6 Å². The van der Waals surface area contributed by atoms with Crippen LogP contribution in [-0.4, -0.2) is 88.2 Å². The summed E-state index contributed by atoms with van der Waals surface area (Å²) in [6.07, 6.45) is 8.76. The highest BCUT2D eigenvalue weighted by Crippen LogP contribution is 2.35. The maximum absolute atomic E-state index is 13.8. The number of amides is 2. The topological polar surface area (TPSA) is 143 Å². The molecule has 2 aliphatic rings. The number of rotatable bonds is 9. The van der Waals surface area contributed by atoms with Crippen LogP contribution in [-0.2, 0) is 14.3 Å². The number of pyridine rings is 1. The van der Waals surface area contributed by atoms with Gasteiger partial charge in [-0.15, -0.1) is 0 Å². The largest absolute Gasteiger partial charge is 0.619 e. The number of benzene rings is 2. The van der Waals surface area contributed by atoms with Gasteiger partial charge in [-0.3, -0.25) is 19.6 Å². The summed E-state index contributed by atoms with van der Waals surface area (Å²) >= 11 is 0. The molecule has 0 aliphatic carbocycles. The van der Waals surface area contributed by atoms with E-state index in [0.717, 1.165) is 39.6 Å². The van der Waals surface area contributed by atoms with E-state index in [0.29, 0.717) is 55.7 Å². The molecule has 5 aromatic rings. The van der Waals surface area contributed by atoms with Crippen molar-refractivity contribution in [3.05, 3.63) is 96.2 Å². The van der Waals surface area contributed by atoms with Gasteiger partial charge in [0, 0.05) is 73.5 Å². The van der Waals surface area contributed by atoms with E-state index in [2.05, 4.69) is 54.6 Å². The van der Waals surface area contributed by atoms with Gasteiger partial charge in [0.05, 0.1) is 24.1 Å². The monoisotopic (exact) mass is 646 g/mol. The van der Waals surface area contributed by atoms with Gasteiger partial charge in [0.2, 0.25) is 11.8 Å². The van der Waals surface area contributed by atoms with Gasteiger partial charge in [0.15, 0.2) is 18.2 Å². The number of piperidine rings is 1. The lowest BCUT2D eigenvalue weighted by Crippen LogP contribution is -2.46. The zero-order chi connectivity index (χ0) is 33.1. The first-order chi connectivity index (χ1) is 23.4. The Morgan fingerprint density at radius 1 is 1.02 bits per heavy atom. The Hall–Kier alpha value is -5.20. The molecule has 0 spiro atoms. The van der Waals surface area contributed by atoms with Crippen molar-refractivity contribution < 1.29 is 19.1 Å². The highest BCUT2D eigenvalue weighted by Gasteiger charge is 2.45. The standard InChI is InChI=1S/C36H38N8O4/c1-48-24-36(35(46)39-29-7-8-31-30(21-29)33(41-40-31)27-11-18-44(47)19-12-27)13-20-42(23-36)22-32(45)43-16-9-26(10-17-43)25-3-5-28(6-4-25)34-37-14-2-15-38-34/h2-8,11-12,14-15,18-19,21,26H,9-10,13,16-17,20,22-24H2,1H3,(H,39,46)(H,40,41)/t36-/m1/s1. The molecule has 1 atom stereocenters. The molecular weight excluding hydrogens is 608 g/mol. The number of likely N-dealkylation sites (tertiary alicyclic amines) is 2. The van der Waals surface area contributed by atoms with Gasteiger partial charge < -0.3 is 20.2 Å². The van der Waals surface area contributed by atoms with Crippen LogP contribution in [0.3, 0.4) is 0 Å². The first kappa shape index (κ1) is 31.4. The van der Waals surface area contributed by atoms with Crippen molar-refractivity contribution in [3.63, 3.8) is 0 Å². The van der Waals surface area contributed by atoms with Gasteiger partial charge in [-0.1, -0.05) is 24.3 Å². The van der Waals surface area contributed by atoms with Crippen LogP contribution < -0.4 is 10.0 Å². The van der Waals surface area contributed by atoms with E-state index in [9.17, 15) is 14.8 Å². The van der Waals surface area contributed by atoms with E-state index >= 15 is 0 Å². The molecule has 7 rings (SSSR count). The third-order valence-corrected chi connectivity index (χ3v) is 9.64. The number of aromatic amines is 1. The summed E-state index contributed by atoms with van der Waals surface area (Å²) < 4.78 is 6.28. The molecule has 0 radical (unpaired) electrons. The molecule has 2 aliphatic heterocycles. The Labute approximate surface area is 278 Å². The first-order valence-electron chi connectivity index (χ1n) is 16.3. The fraction of sp³-hybridized carbons (Fsp3) is 0.333. The number of carbonyl (C=O) groups is 2. The smallest absolute Gasteiger partial charge is 0.236 e. The summed E-state index contributed by atoms with van der Waals surface area (Å²) in [5.74, 6) is 1.08. The van der Waals surface area contributed by atoms with Gasteiger partial charge in [-0.25, -0.2) is 9.97 Å². The molecule has 0 bridgehead atoms. The average molecular weight is 647 g/mol. The molecule has 12 nitrogen and oxygen atoms in total. The Bertz CT molecular complexity index is 1890. The quantitative estimate of drug-likeness (QED) is 0.181. The second-order valence-electron chi connectivity index (χ2n) is 12.8. The number of fused-ring (bicyclic) bond motifs is 1. The summed E-state index contributed by atoms with van der Waals surface area (Å²) in [5, 5.41) is 22.9. The van der Waals surface area contributed by atoms with Crippen LogP contribution in [0.4, 0.5) is 5.69 Å². The molecule has 2 N–H and O–H groups in total.